The molecule has 7 heteroatoms. The summed E-state index contributed by atoms with van der Waals surface area (Å²) in [6.07, 6.45) is 5.14. The van der Waals surface area contributed by atoms with Crippen LogP contribution in [0.5, 0.6) is 0 Å². The zero-order chi connectivity index (χ0) is 27.2. The molecule has 0 saturated carbocycles. The minimum absolute atomic E-state index is 0.115. The van der Waals surface area contributed by atoms with Crippen molar-refractivity contribution in [1.29, 1.82) is 0 Å². The van der Waals surface area contributed by atoms with E-state index in [1.807, 2.05) is 80.6 Å². The van der Waals surface area contributed by atoms with Crippen molar-refractivity contribution < 1.29 is 19.1 Å². The van der Waals surface area contributed by atoms with Crippen LogP contribution in [0.2, 0.25) is 0 Å². The first-order valence-corrected chi connectivity index (χ1v) is 13.1. The van der Waals surface area contributed by atoms with Gasteiger partial charge < -0.3 is 15.4 Å². The molecule has 0 aliphatic rings. The number of amides is 2. The van der Waals surface area contributed by atoms with E-state index in [-0.39, 0.29) is 36.5 Å². The third-order valence-corrected chi connectivity index (χ3v) is 6.52. The topological polar surface area (TPSA) is 97.4 Å². The molecule has 0 spiro atoms. The van der Waals surface area contributed by atoms with Crippen molar-refractivity contribution in [3.05, 3.63) is 102 Å². The maximum Gasteiger partial charge on any atom is 0.243 e. The lowest BCUT2D eigenvalue weighted by molar-refractivity contribution is -0.134. The van der Waals surface area contributed by atoms with Crippen molar-refractivity contribution in [3.63, 3.8) is 0 Å². The summed E-state index contributed by atoms with van der Waals surface area (Å²) < 4.78 is 5.68. The molecule has 3 rings (SSSR count). The van der Waals surface area contributed by atoms with Crippen molar-refractivity contribution in [3.8, 4) is 0 Å². The smallest absolute Gasteiger partial charge is 0.243 e. The molecular formula is C31H37N3O4. The number of hydrogen-bond acceptors (Lipinski definition) is 5. The van der Waals surface area contributed by atoms with Gasteiger partial charge in [0.05, 0.1) is 19.1 Å². The number of ketones is 1. The van der Waals surface area contributed by atoms with Gasteiger partial charge in [-0.15, -0.1) is 0 Å². The lowest BCUT2D eigenvalue weighted by atomic mass is 9.96. The number of hydrogen-bond donors (Lipinski definition) is 2. The fraction of sp³-hybridized carbons (Fsp3) is 0.355. The molecule has 0 fully saturated rings. The zero-order valence-corrected chi connectivity index (χ0v) is 22.1. The summed E-state index contributed by atoms with van der Waals surface area (Å²) in [4.78, 5) is 43.4. The van der Waals surface area contributed by atoms with Gasteiger partial charge in [-0.1, -0.05) is 87.0 Å². The van der Waals surface area contributed by atoms with Crippen LogP contribution >= 0.6 is 0 Å². The first kappa shape index (κ1) is 28.7. The number of carbonyl (C=O) groups excluding carboxylic acids is 3. The lowest BCUT2D eigenvalue weighted by Gasteiger charge is -2.26. The van der Waals surface area contributed by atoms with E-state index in [0.717, 1.165) is 16.7 Å². The fourth-order valence-corrected chi connectivity index (χ4v) is 4.09. The summed E-state index contributed by atoms with van der Waals surface area (Å²) in [7, 11) is 0. The van der Waals surface area contributed by atoms with Gasteiger partial charge in [0.2, 0.25) is 11.8 Å². The first-order chi connectivity index (χ1) is 18.5. The van der Waals surface area contributed by atoms with Crippen molar-refractivity contribution in [2.75, 3.05) is 6.61 Å². The molecule has 2 N–H and O–H groups in total. The van der Waals surface area contributed by atoms with Gasteiger partial charge in [0.15, 0.2) is 5.78 Å². The Balaban J connectivity index is 1.66. The third kappa shape index (κ3) is 9.56. The van der Waals surface area contributed by atoms with Gasteiger partial charge in [-0.25, -0.2) is 0 Å². The molecule has 3 atom stereocenters. The lowest BCUT2D eigenvalue weighted by Crippen LogP contribution is -2.54. The number of aromatic nitrogens is 1. The van der Waals surface area contributed by atoms with Gasteiger partial charge in [-0.05, 0) is 41.5 Å². The summed E-state index contributed by atoms with van der Waals surface area (Å²) in [5, 5.41) is 5.80. The molecule has 38 heavy (non-hydrogen) atoms. The molecule has 2 amide bonds. The average molecular weight is 516 g/mol. The van der Waals surface area contributed by atoms with Crippen LogP contribution < -0.4 is 10.6 Å². The van der Waals surface area contributed by atoms with Gasteiger partial charge in [-0.3, -0.25) is 19.4 Å². The first-order valence-electron chi connectivity index (χ1n) is 13.1. The van der Waals surface area contributed by atoms with E-state index in [2.05, 4.69) is 15.6 Å². The van der Waals surface area contributed by atoms with Gasteiger partial charge in [0, 0.05) is 12.4 Å². The van der Waals surface area contributed by atoms with Crippen LogP contribution in [-0.2, 0) is 38.6 Å². The molecule has 200 valence electrons. The molecule has 1 heterocycles. The van der Waals surface area contributed by atoms with Crippen LogP contribution in [0.25, 0.3) is 0 Å². The predicted molar refractivity (Wildman–Crippen MR) is 147 cm³/mol. The number of aryl methyl sites for hydroxylation is 1. The number of rotatable bonds is 15. The van der Waals surface area contributed by atoms with Crippen LogP contribution in [-0.4, -0.2) is 41.3 Å². The minimum Gasteiger partial charge on any atom is -0.369 e. The highest BCUT2D eigenvalue weighted by atomic mass is 16.5. The van der Waals surface area contributed by atoms with Crippen molar-refractivity contribution in [1.82, 2.24) is 15.6 Å². The van der Waals surface area contributed by atoms with E-state index in [4.69, 9.17) is 4.74 Å². The summed E-state index contributed by atoms with van der Waals surface area (Å²) in [6.45, 7) is 4.08. The number of ether oxygens (including phenoxy) is 1. The second-order valence-electron chi connectivity index (χ2n) is 9.50. The number of pyridine rings is 1. The summed E-state index contributed by atoms with van der Waals surface area (Å²) >= 11 is 0. The van der Waals surface area contributed by atoms with Crippen molar-refractivity contribution >= 4 is 17.6 Å². The van der Waals surface area contributed by atoms with Crippen molar-refractivity contribution in [2.24, 2.45) is 5.92 Å². The van der Waals surface area contributed by atoms with Gasteiger partial charge in [-0.2, -0.15) is 0 Å². The monoisotopic (exact) mass is 515 g/mol. The molecule has 0 saturated heterocycles. The SMILES string of the molecule is CCC(C)[C@H](NC(=O)Cc1cccnc1)C(=O)N[C@@H](CCc1ccccc1)C(=O)COCc1ccccc1. The standard InChI is InChI=1S/C31H37N3O4/c1-3-23(2)30(34-29(36)19-26-15-10-18-32-20-26)31(37)33-27(17-16-24-11-6-4-7-12-24)28(35)22-38-21-25-13-8-5-9-14-25/h4-15,18,20,23,27,30H,3,16-17,19,21-22H2,1-2H3,(H,33,37)(H,34,36)/t23?,27-,30-/m0/s1. The quantitative estimate of drug-likeness (QED) is 0.318. The van der Waals surface area contributed by atoms with E-state index in [9.17, 15) is 14.4 Å². The highest BCUT2D eigenvalue weighted by Gasteiger charge is 2.29. The van der Waals surface area contributed by atoms with E-state index >= 15 is 0 Å². The van der Waals surface area contributed by atoms with Crippen LogP contribution in [0.4, 0.5) is 0 Å². The molecule has 0 aliphatic heterocycles. The molecule has 1 aromatic heterocycles. The third-order valence-electron chi connectivity index (χ3n) is 6.52. The van der Waals surface area contributed by atoms with E-state index in [1.54, 1.807) is 18.5 Å². The predicted octanol–water partition coefficient (Wildman–Crippen LogP) is 4.06. The van der Waals surface area contributed by atoms with Crippen LogP contribution in [0.15, 0.2) is 85.2 Å². The summed E-state index contributed by atoms with van der Waals surface area (Å²) in [6, 6.07) is 21.5. The van der Waals surface area contributed by atoms with Crippen LogP contribution in [0.3, 0.4) is 0 Å². The number of carbonyl (C=O) groups is 3. The van der Waals surface area contributed by atoms with E-state index in [0.29, 0.717) is 25.9 Å². The fourth-order valence-electron chi connectivity index (χ4n) is 4.09. The number of Topliss-reactive ketones (excluding diaryl/α,β-unsaturated/α-hetero) is 1. The minimum atomic E-state index is -0.763. The molecule has 1 unspecified atom stereocenters. The van der Waals surface area contributed by atoms with Gasteiger partial charge >= 0.3 is 0 Å². The number of nitrogens with one attached hydrogen (secondary N) is 2. The largest absolute Gasteiger partial charge is 0.369 e. The summed E-state index contributed by atoms with van der Waals surface area (Å²) in [5.74, 6) is -0.952. The Bertz CT molecular complexity index is 1140. The normalized spacial score (nSPS) is 13.2. The Morgan fingerprint density at radius 3 is 2.16 bits per heavy atom. The van der Waals surface area contributed by atoms with E-state index < -0.39 is 12.1 Å². The molecule has 0 bridgehead atoms. The van der Waals surface area contributed by atoms with Gasteiger partial charge in [0.1, 0.15) is 12.6 Å². The Kier molecular flexibility index (Phi) is 11.7. The summed E-state index contributed by atoms with van der Waals surface area (Å²) in [5.41, 5.74) is 2.81. The van der Waals surface area contributed by atoms with Crippen LogP contribution in [0.1, 0.15) is 43.4 Å². The Labute approximate surface area is 225 Å². The maximum absolute atomic E-state index is 13.4. The Morgan fingerprint density at radius 1 is 0.868 bits per heavy atom. The van der Waals surface area contributed by atoms with Gasteiger partial charge in [0.25, 0.3) is 0 Å². The zero-order valence-electron chi connectivity index (χ0n) is 22.1. The molecule has 0 aliphatic carbocycles. The Hall–Kier alpha value is -3.84. The molecule has 3 aromatic rings. The second kappa shape index (κ2) is 15.4. The number of benzene rings is 2. The molecule has 0 radical (unpaired) electrons. The van der Waals surface area contributed by atoms with E-state index in [1.165, 1.54) is 0 Å². The second-order valence-corrected chi connectivity index (χ2v) is 9.50. The number of nitrogens with zero attached hydrogens (tertiary/aromatic N) is 1. The highest BCUT2D eigenvalue weighted by molar-refractivity contribution is 5.93. The molecular weight excluding hydrogens is 478 g/mol. The highest BCUT2D eigenvalue weighted by Crippen LogP contribution is 2.12. The average Bonchev–Trinajstić information content (AvgIpc) is 2.95. The molecule has 7 nitrogen and oxygen atoms in total. The van der Waals surface area contributed by atoms with Crippen molar-refractivity contribution in [2.45, 2.75) is 58.2 Å². The Morgan fingerprint density at radius 2 is 1.53 bits per heavy atom. The van der Waals surface area contributed by atoms with Crippen LogP contribution in [0, 0.1) is 5.92 Å². The molecule has 2 aromatic carbocycles. The maximum atomic E-state index is 13.4.